The molecule has 1 aliphatic rings. The SMILES string of the molecule is CC(=O)N(C)Cc1cccc(NC2CCCC2)c1. The number of nitrogens with one attached hydrogen (secondary N) is 1. The Morgan fingerprint density at radius 1 is 1.39 bits per heavy atom. The summed E-state index contributed by atoms with van der Waals surface area (Å²) >= 11 is 0. The highest BCUT2D eigenvalue weighted by atomic mass is 16.2. The van der Waals surface area contributed by atoms with Gasteiger partial charge < -0.3 is 10.2 Å². The number of nitrogens with zero attached hydrogens (tertiary/aromatic N) is 1. The molecule has 1 N–H and O–H groups in total. The number of benzene rings is 1. The molecule has 98 valence electrons. The predicted molar refractivity (Wildman–Crippen MR) is 74.5 cm³/mol. The van der Waals surface area contributed by atoms with Crippen molar-refractivity contribution < 1.29 is 4.79 Å². The van der Waals surface area contributed by atoms with E-state index in [9.17, 15) is 4.79 Å². The van der Waals surface area contributed by atoms with Crippen LogP contribution in [0.4, 0.5) is 5.69 Å². The van der Waals surface area contributed by atoms with Gasteiger partial charge >= 0.3 is 0 Å². The molecule has 0 aromatic heterocycles. The van der Waals surface area contributed by atoms with Gasteiger partial charge in [0, 0.05) is 32.2 Å². The molecule has 0 saturated heterocycles. The molecule has 1 aromatic carbocycles. The van der Waals surface area contributed by atoms with Gasteiger partial charge in [-0.2, -0.15) is 0 Å². The van der Waals surface area contributed by atoms with Crippen molar-refractivity contribution in [1.82, 2.24) is 4.90 Å². The number of hydrogen-bond acceptors (Lipinski definition) is 2. The summed E-state index contributed by atoms with van der Waals surface area (Å²) in [6, 6.07) is 9.01. The summed E-state index contributed by atoms with van der Waals surface area (Å²) in [6.45, 7) is 2.27. The van der Waals surface area contributed by atoms with Gasteiger partial charge in [0.15, 0.2) is 0 Å². The van der Waals surface area contributed by atoms with Gasteiger partial charge in [-0.1, -0.05) is 25.0 Å². The van der Waals surface area contributed by atoms with Crippen LogP contribution in [0, 0.1) is 0 Å². The normalized spacial score (nSPS) is 15.7. The van der Waals surface area contributed by atoms with Crippen LogP contribution in [0.1, 0.15) is 38.2 Å². The molecule has 1 saturated carbocycles. The van der Waals surface area contributed by atoms with E-state index in [0.29, 0.717) is 12.6 Å². The lowest BCUT2D eigenvalue weighted by molar-refractivity contribution is -0.128. The summed E-state index contributed by atoms with van der Waals surface area (Å²) in [5, 5.41) is 3.58. The molecule has 3 nitrogen and oxygen atoms in total. The average molecular weight is 246 g/mol. The number of anilines is 1. The second-order valence-corrected chi connectivity index (χ2v) is 5.20. The summed E-state index contributed by atoms with van der Waals surface area (Å²) in [4.78, 5) is 13.0. The average Bonchev–Trinajstić information content (AvgIpc) is 2.82. The van der Waals surface area contributed by atoms with Crippen LogP contribution in [0.5, 0.6) is 0 Å². The number of hydrogen-bond donors (Lipinski definition) is 1. The minimum Gasteiger partial charge on any atom is -0.382 e. The van der Waals surface area contributed by atoms with Crippen LogP contribution in [0.3, 0.4) is 0 Å². The smallest absolute Gasteiger partial charge is 0.219 e. The Morgan fingerprint density at radius 2 is 2.11 bits per heavy atom. The van der Waals surface area contributed by atoms with Crippen molar-refractivity contribution in [3.05, 3.63) is 29.8 Å². The van der Waals surface area contributed by atoms with Gasteiger partial charge in [0.25, 0.3) is 0 Å². The van der Waals surface area contributed by atoms with E-state index in [1.807, 2.05) is 7.05 Å². The van der Waals surface area contributed by atoms with Crippen LogP contribution < -0.4 is 5.32 Å². The first kappa shape index (κ1) is 12.9. The highest BCUT2D eigenvalue weighted by Gasteiger charge is 2.14. The van der Waals surface area contributed by atoms with Crippen molar-refractivity contribution in [3.63, 3.8) is 0 Å². The quantitative estimate of drug-likeness (QED) is 0.885. The molecule has 3 heteroatoms. The van der Waals surface area contributed by atoms with Crippen LogP contribution in [-0.4, -0.2) is 23.9 Å². The molecule has 0 atom stereocenters. The van der Waals surface area contributed by atoms with Crippen molar-refractivity contribution in [2.45, 2.75) is 45.2 Å². The molecule has 1 aliphatic carbocycles. The van der Waals surface area contributed by atoms with Crippen molar-refractivity contribution in [3.8, 4) is 0 Å². The zero-order valence-corrected chi connectivity index (χ0v) is 11.3. The molecular formula is C15H22N2O. The van der Waals surface area contributed by atoms with E-state index in [1.54, 1.807) is 11.8 Å². The first-order valence-electron chi connectivity index (χ1n) is 6.72. The minimum atomic E-state index is 0.101. The molecule has 1 aromatic rings. The van der Waals surface area contributed by atoms with Crippen LogP contribution in [0.2, 0.25) is 0 Å². The fraction of sp³-hybridized carbons (Fsp3) is 0.533. The first-order chi connectivity index (χ1) is 8.65. The maximum atomic E-state index is 11.2. The summed E-state index contributed by atoms with van der Waals surface area (Å²) < 4.78 is 0. The molecule has 1 amide bonds. The minimum absolute atomic E-state index is 0.101. The highest BCUT2D eigenvalue weighted by molar-refractivity contribution is 5.72. The summed E-state index contributed by atoms with van der Waals surface area (Å²) in [5.74, 6) is 0.101. The zero-order valence-electron chi connectivity index (χ0n) is 11.3. The standard InChI is InChI=1S/C15H22N2O/c1-12(18)17(2)11-13-6-5-9-15(10-13)16-14-7-3-4-8-14/h5-6,9-10,14,16H,3-4,7-8,11H2,1-2H3. The van der Waals surface area contributed by atoms with Crippen molar-refractivity contribution in [2.75, 3.05) is 12.4 Å². The molecule has 0 aliphatic heterocycles. The molecule has 0 heterocycles. The molecule has 0 spiro atoms. The molecule has 2 rings (SSSR count). The van der Waals surface area contributed by atoms with Crippen LogP contribution >= 0.6 is 0 Å². The molecule has 0 bridgehead atoms. The fourth-order valence-corrected chi connectivity index (χ4v) is 2.45. The largest absolute Gasteiger partial charge is 0.382 e. The molecule has 0 radical (unpaired) electrons. The summed E-state index contributed by atoms with van der Waals surface area (Å²) in [5.41, 5.74) is 2.35. The predicted octanol–water partition coefficient (Wildman–Crippen LogP) is 3.02. The van der Waals surface area contributed by atoms with E-state index < -0.39 is 0 Å². The Labute approximate surface area is 109 Å². The van der Waals surface area contributed by atoms with Gasteiger partial charge in [-0.15, -0.1) is 0 Å². The molecular weight excluding hydrogens is 224 g/mol. The van der Waals surface area contributed by atoms with Crippen molar-refractivity contribution in [1.29, 1.82) is 0 Å². The maximum Gasteiger partial charge on any atom is 0.219 e. The summed E-state index contributed by atoms with van der Waals surface area (Å²) in [7, 11) is 1.83. The van der Waals surface area contributed by atoms with Gasteiger partial charge in [0.1, 0.15) is 0 Å². The third-order valence-electron chi connectivity index (χ3n) is 3.61. The van der Waals surface area contributed by atoms with E-state index in [4.69, 9.17) is 0 Å². The van der Waals surface area contributed by atoms with E-state index in [1.165, 1.54) is 36.9 Å². The third kappa shape index (κ3) is 3.49. The molecule has 1 fully saturated rings. The maximum absolute atomic E-state index is 11.2. The van der Waals surface area contributed by atoms with Crippen molar-refractivity contribution >= 4 is 11.6 Å². The second kappa shape index (κ2) is 5.89. The van der Waals surface area contributed by atoms with E-state index >= 15 is 0 Å². The van der Waals surface area contributed by atoms with E-state index in [-0.39, 0.29) is 5.91 Å². The number of rotatable bonds is 4. The third-order valence-corrected chi connectivity index (χ3v) is 3.61. The Kier molecular flexibility index (Phi) is 4.24. The monoisotopic (exact) mass is 246 g/mol. The Balaban J connectivity index is 1.98. The molecule has 18 heavy (non-hydrogen) atoms. The number of carbonyl (C=O) groups excluding carboxylic acids is 1. The Morgan fingerprint density at radius 3 is 2.78 bits per heavy atom. The lowest BCUT2D eigenvalue weighted by Gasteiger charge is -2.17. The van der Waals surface area contributed by atoms with E-state index in [2.05, 4.69) is 29.6 Å². The van der Waals surface area contributed by atoms with E-state index in [0.717, 1.165) is 0 Å². The van der Waals surface area contributed by atoms with Crippen LogP contribution in [0.15, 0.2) is 24.3 Å². The number of carbonyl (C=O) groups is 1. The summed E-state index contributed by atoms with van der Waals surface area (Å²) in [6.07, 6.45) is 5.23. The fourth-order valence-electron chi connectivity index (χ4n) is 2.45. The number of amides is 1. The van der Waals surface area contributed by atoms with Gasteiger partial charge in [-0.25, -0.2) is 0 Å². The molecule has 0 unspecified atom stereocenters. The first-order valence-corrected chi connectivity index (χ1v) is 6.72. The highest BCUT2D eigenvalue weighted by Crippen LogP contribution is 2.22. The Hall–Kier alpha value is -1.51. The lowest BCUT2D eigenvalue weighted by Crippen LogP contribution is -2.23. The lowest BCUT2D eigenvalue weighted by atomic mass is 10.1. The Bertz CT molecular complexity index is 411. The second-order valence-electron chi connectivity index (χ2n) is 5.20. The van der Waals surface area contributed by atoms with Gasteiger partial charge in [0.05, 0.1) is 0 Å². The van der Waals surface area contributed by atoms with Crippen LogP contribution in [0.25, 0.3) is 0 Å². The van der Waals surface area contributed by atoms with Crippen molar-refractivity contribution in [2.24, 2.45) is 0 Å². The van der Waals surface area contributed by atoms with Gasteiger partial charge in [-0.3, -0.25) is 4.79 Å². The van der Waals surface area contributed by atoms with Gasteiger partial charge in [-0.05, 0) is 30.5 Å². The van der Waals surface area contributed by atoms with Gasteiger partial charge in [0.2, 0.25) is 5.91 Å². The van der Waals surface area contributed by atoms with Crippen LogP contribution in [-0.2, 0) is 11.3 Å². The topological polar surface area (TPSA) is 32.3 Å². The zero-order chi connectivity index (χ0) is 13.0.